The lowest BCUT2D eigenvalue weighted by Crippen LogP contribution is -2.18. The molecule has 2 aliphatic rings. The van der Waals surface area contributed by atoms with Crippen molar-refractivity contribution in [2.24, 2.45) is 0 Å². The molecule has 1 unspecified atom stereocenters. The van der Waals surface area contributed by atoms with Crippen LogP contribution in [-0.2, 0) is 5.41 Å². The molecule has 0 radical (unpaired) electrons. The smallest absolute Gasteiger partial charge is 0.177 e. The fourth-order valence-electron chi connectivity index (χ4n) is 2.31. The number of fused-ring (bicyclic) bond motifs is 2. The largest absolute Gasteiger partial charge is 0.293 e. The van der Waals surface area contributed by atoms with E-state index in [0.717, 1.165) is 18.4 Å². The molecule has 0 heterocycles. The fourth-order valence-corrected chi connectivity index (χ4v) is 3.26. The summed E-state index contributed by atoms with van der Waals surface area (Å²) in [6.07, 6.45) is 2.32. The van der Waals surface area contributed by atoms with E-state index in [0.29, 0.717) is 0 Å². The third-order valence-electron chi connectivity index (χ3n) is 3.23. The molecule has 0 bridgehead atoms. The first-order chi connectivity index (χ1) is 6.26. The number of Topliss-reactive ketones (excluding diaryl/α,β-unsaturated/α-hetero) is 1. The SMILES string of the molecule is O=C1c2ccccc2C2(CC2)C1Br. The van der Waals surface area contributed by atoms with Crippen LogP contribution in [0.25, 0.3) is 0 Å². The van der Waals surface area contributed by atoms with Crippen LogP contribution in [0.15, 0.2) is 24.3 Å². The molecule has 1 nitrogen and oxygen atoms in total. The lowest BCUT2D eigenvalue weighted by Gasteiger charge is -2.10. The van der Waals surface area contributed by atoms with Crippen molar-refractivity contribution in [1.82, 2.24) is 0 Å². The molecular formula is C11H9BrO. The molecule has 0 aromatic heterocycles. The summed E-state index contributed by atoms with van der Waals surface area (Å²) in [6.45, 7) is 0. The summed E-state index contributed by atoms with van der Waals surface area (Å²) in [6, 6.07) is 8.01. The first-order valence-corrected chi connectivity index (χ1v) is 5.45. The molecule has 66 valence electrons. The van der Waals surface area contributed by atoms with Gasteiger partial charge in [-0.05, 0) is 18.4 Å². The Kier molecular flexibility index (Phi) is 1.33. The first-order valence-electron chi connectivity index (χ1n) is 4.53. The quantitative estimate of drug-likeness (QED) is 0.634. The Bertz CT molecular complexity index is 393. The van der Waals surface area contributed by atoms with Crippen LogP contribution >= 0.6 is 15.9 Å². The van der Waals surface area contributed by atoms with Gasteiger partial charge in [0.25, 0.3) is 0 Å². The zero-order valence-electron chi connectivity index (χ0n) is 7.09. The summed E-state index contributed by atoms with van der Waals surface area (Å²) >= 11 is 3.52. The molecule has 0 N–H and O–H groups in total. The zero-order chi connectivity index (χ0) is 9.05. The maximum absolute atomic E-state index is 11.8. The van der Waals surface area contributed by atoms with Crippen LogP contribution in [0.1, 0.15) is 28.8 Å². The molecule has 0 amide bonds. The second-order valence-electron chi connectivity index (χ2n) is 3.93. The number of rotatable bonds is 0. The van der Waals surface area contributed by atoms with E-state index in [2.05, 4.69) is 22.0 Å². The highest BCUT2D eigenvalue weighted by Gasteiger charge is 2.58. The van der Waals surface area contributed by atoms with Gasteiger partial charge >= 0.3 is 0 Å². The molecule has 13 heavy (non-hydrogen) atoms. The van der Waals surface area contributed by atoms with Gasteiger partial charge in [-0.1, -0.05) is 40.2 Å². The Morgan fingerprint density at radius 3 is 2.69 bits per heavy atom. The average molecular weight is 237 g/mol. The monoisotopic (exact) mass is 236 g/mol. The maximum Gasteiger partial charge on any atom is 0.177 e. The Labute approximate surface area is 85.3 Å². The summed E-state index contributed by atoms with van der Waals surface area (Å²) in [5, 5.41) is 0. The summed E-state index contributed by atoms with van der Waals surface area (Å²) in [5.41, 5.74) is 2.37. The molecule has 1 spiro atoms. The maximum atomic E-state index is 11.8. The summed E-state index contributed by atoms with van der Waals surface area (Å²) in [7, 11) is 0. The van der Waals surface area contributed by atoms with Crippen molar-refractivity contribution in [3.05, 3.63) is 35.4 Å². The second-order valence-corrected chi connectivity index (χ2v) is 4.84. The minimum absolute atomic E-state index is 0.0393. The highest BCUT2D eigenvalue weighted by atomic mass is 79.9. The molecule has 3 rings (SSSR count). The third kappa shape index (κ3) is 0.798. The van der Waals surface area contributed by atoms with Gasteiger partial charge in [-0.15, -0.1) is 0 Å². The fraction of sp³-hybridized carbons (Fsp3) is 0.364. The van der Waals surface area contributed by atoms with E-state index in [4.69, 9.17) is 0 Å². The van der Waals surface area contributed by atoms with E-state index in [1.165, 1.54) is 5.56 Å². The van der Waals surface area contributed by atoms with Gasteiger partial charge in [0.2, 0.25) is 0 Å². The van der Waals surface area contributed by atoms with E-state index >= 15 is 0 Å². The summed E-state index contributed by atoms with van der Waals surface area (Å²) < 4.78 is 0. The molecule has 1 aromatic carbocycles. The highest BCUT2D eigenvalue weighted by molar-refractivity contribution is 9.10. The normalized spacial score (nSPS) is 27.8. The molecule has 0 saturated heterocycles. The van der Waals surface area contributed by atoms with Crippen molar-refractivity contribution in [1.29, 1.82) is 0 Å². The van der Waals surface area contributed by atoms with Gasteiger partial charge in [0.05, 0.1) is 4.83 Å². The van der Waals surface area contributed by atoms with Gasteiger partial charge in [0, 0.05) is 11.0 Å². The van der Waals surface area contributed by atoms with Crippen LogP contribution in [0.4, 0.5) is 0 Å². The standard InChI is InChI=1S/C11H9BrO/c12-10-9(13)7-3-1-2-4-8(7)11(10)5-6-11/h1-4,10H,5-6H2. The van der Waals surface area contributed by atoms with Gasteiger partial charge < -0.3 is 0 Å². The molecule has 1 fully saturated rings. The third-order valence-corrected chi connectivity index (χ3v) is 4.53. The molecule has 2 aliphatic carbocycles. The average Bonchev–Trinajstić information content (AvgIpc) is 2.93. The molecule has 1 atom stereocenters. The lowest BCUT2D eigenvalue weighted by molar-refractivity contribution is 0.0995. The van der Waals surface area contributed by atoms with E-state index in [-0.39, 0.29) is 16.0 Å². The number of carbonyl (C=O) groups is 1. The molecule has 2 heteroatoms. The lowest BCUT2D eigenvalue weighted by atomic mass is 9.99. The number of hydrogen-bond acceptors (Lipinski definition) is 1. The van der Waals surface area contributed by atoms with Gasteiger partial charge in [-0.25, -0.2) is 0 Å². The number of carbonyl (C=O) groups excluding carboxylic acids is 1. The minimum Gasteiger partial charge on any atom is -0.293 e. The topological polar surface area (TPSA) is 17.1 Å². The number of ketones is 1. The molecule has 1 aromatic rings. The predicted molar refractivity (Wildman–Crippen MR) is 54.4 cm³/mol. The highest BCUT2D eigenvalue weighted by Crippen LogP contribution is 2.58. The van der Waals surface area contributed by atoms with Crippen LogP contribution in [0.3, 0.4) is 0 Å². The predicted octanol–water partition coefficient (Wildman–Crippen LogP) is 2.68. The van der Waals surface area contributed by atoms with Crippen LogP contribution in [0, 0.1) is 0 Å². The van der Waals surface area contributed by atoms with Crippen molar-refractivity contribution in [3.63, 3.8) is 0 Å². The second kappa shape index (κ2) is 2.24. The first kappa shape index (κ1) is 7.74. The van der Waals surface area contributed by atoms with E-state index in [1.807, 2.05) is 18.2 Å². The molecule has 1 saturated carbocycles. The zero-order valence-corrected chi connectivity index (χ0v) is 8.67. The van der Waals surface area contributed by atoms with Crippen molar-refractivity contribution in [2.45, 2.75) is 23.1 Å². The number of halogens is 1. The van der Waals surface area contributed by atoms with Gasteiger partial charge in [-0.3, -0.25) is 4.79 Å². The van der Waals surface area contributed by atoms with Crippen molar-refractivity contribution < 1.29 is 4.79 Å². The molecular weight excluding hydrogens is 228 g/mol. The van der Waals surface area contributed by atoms with Gasteiger partial charge in [0.15, 0.2) is 5.78 Å². The van der Waals surface area contributed by atoms with Crippen LogP contribution < -0.4 is 0 Å². The number of alkyl halides is 1. The Morgan fingerprint density at radius 2 is 2.00 bits per heavy atom. The van der Waals surface area contributed by atoms with Gasteiger partial charge in [0.1, 0.15) is 0 Å². The summed E-state index contributed by atoms with van der Waals surface area (Å²) in [4.78, 5) is 11.8. The van der Waals surface area contributed by atoms with E-state index < -0.39 is 0 Å². The Balaban J connectivity index is 2.28. The van der Waals surface area contributed by atoms with E-state index in [9.17, 15) is 4.79 Å². The van der Waals surface area contributed by atoms with Gasteiger partial charge in [-0.2, -0.15) is 0 Å². The Hall–Kier alpha value is -0.630. The van der Waals surface area contributed by atoms with E-state index in [1.54, 1.807) is 0 Å². The Morgan fingerprint density at radius 1 is 1.31 bits per heavy atom. The number of hydrogen-bond donors (Lipinski definition) is 0. The van der Waals surface area contributed by atoms with Crippen molar-refractivity contribution >= 4 is 21.7 Å². The van der Waals surface area contributed by atoms with Crippen molar-refractivity contribution in [3.8, 4) is 0 Å². The summed E-state index contributed by atoms with van der Waals surface area (Å²) in [5.74, 6) is 0.271. The van der Waals surface area contributed by atoms with Crippen LogP contribution in [0.2, 0.25) is 0 Å². The van der Waals surface area contributed by atoms with Crippen LogP contribution in [0.5, 0.6) is 0 Å². The van der Waals surface area contributed by atoms with Crippen molar-refractivity contribution in [2.75, 3.05) is 0 Å². The number of benzene rings is 1. The minimum atomic E-state index is 0.0393. The van der Waals surface area contributed by atoms with Crippen LogP contribution in [-0.4, -0.2) is 10.6 Å². The molecule has 0 aliphatic heterocycles.